The van der Waals surface area contributed by atoms with Crippen molar-refractivity contribution >= 4 is 55.1 Å². The van der Waals surface area contributed by atoms with Gasteiger partial charge in [-0.2, -0.15) is 0 Å². The Morgan fingerprint density at radius 1 is 1.09 bits per heavy atom. The Morgan fingerprint density at radius 2 is 1.74 bits per heavy atom. The second-order valence-corrected chi connectivity index (χ2v) is 11.7. The summed E-state index contributed by atoms with van der Waals surface area (Å²) in [4.78, 5) is 27.4. The first-order valence-electron chi connectivity index (χ1n) is 11.0. The molecule has 1 unspecified atom stereocenters. The smallest absolute Gasteiger partial charge is 0.242 e. The summed E-state index contributed by atoms with van der Waals surface area (Å²) in [6.07, 6.45) is 1.51. The standard InChI is InChI=1S/C24H31BrClN3O4S/c1-17(2)27-24(31)18(3)28(16-19-7-5-8-20(25)15-19)23(30)9-6-14-29(34(4,32)33)22-12-10-21(26)11-13-22/h5,7-8,10-13,15,17-18H,6,9,14,16H2,1-4H3,(H,27,31). The van der Waals surface area contributed by atoms with Gasteiger partial charge in [0.2, 0.25) is 21.8 Å². The lowest BCUT2D eigenvalue weighted by molar-refractivity contribution is -0.140. The van der Waals surface area contributed by atoms with Gasteiger partial charge in [0.05, 0.1) is 11.9 Å². The molecule has 0 aliphatic carbocycles. The molecule has 1 atom stereocenters. The van der Waals surface area contributed by atoms with Gasteiger partial charge in [0, 0.05) is 35.0 Å². The Bertz CT molecular complexity index is 1090. The Balaban J connectivity index is 2.16. The van der Waals surface area contributed by atoms with Crippen LogP contribution in [-0.4, -0.2) is 50.0 Å². The number of carbonyl (C=O) groups excluding carboxylic acids is 2. The molecule has 34 heavy (non-hydrogen) atoms. The second kappa shape index (κ2) is 12.6. The second-order valence-electron chi connectivity index (χ2n) is 8.41. The number of hydrogen-bond acceptors (Lipinski definition) is 4. The summed E-state index contributed by atoms with van der Waals surface area (Å²) < 4.78 is 26.8. The van der Waals surface area contributed by atoms with E-state index in [0.717, 1.165) is 16.3 Å². The molecule has 7 nitrogen and oxygen atoms in total. The monoisotopic (exact) mass is 571 g/mol. The third-order valence-electron chi connectivity index (χ3n) is 5.11. The van der Waals surface area contributed by atoms with E-state index in [1.807, 2.05) is 38.1 Å². The molecular weight excluding hydrogens is 542 g/mol. The maximum Gasteiger partial charge on any atom is 0.242 e. The van der Waals surface area contributed by atoms with Gasteiger partial charge < -0.3 is 10.2 Å². The first-order valence-corrected chi connectivity index (χ1v) is 14.0. The van der Waals surface area contributed by atoms with Crippen molar-refractivity contribution in [2.75, 3.05) is 17.1 Å². The van der Waals surface area contributed by atoms with Crippen molar-refractivity contribution in [2.45, 2.75) is 52.2 Å². The quantitative estimate of drug-likeness (QED) is 0.427. The number of carbonyl (C=O) groups is 2. The zero-order valence-electron chi connectivity index (χ0n) is 19.8. The average Bonchev–Trinajstić information content (AvgIpc) is 2.74. The average molecular weight is 573 g/mol. The molecule has 0 saturated carbocycles. The predicted molar refractivity (Wildman–Crippen MR) is 140 cm³/mol. The van der Waals surface area contributed by atoms with Crippen LogP contribution in [0.1, 0.15) is 39.2 Å². The van der Waals surface area contributed by atoms with Crippen LogP contribution in [0.15, 0.2) is 53.0 Å². The number of anilines is 1. The highest BCUT2D eigenvalue weighted by atomic mass is 79.9. The molecule has 0 aliphatic heterocycles. The van der Waals surface area contributed by atoms with Crippen LogP contribution < -0.4 is 9.62 Å². The molecule has 0 aromatic heterocycles. The third-order valence-corrected chi connectivity index (χ3v) is 7.05. The molecule has 1 N–H and O–H groups in total. The van der Waals surface area contributed by atoms with E-state index in [-0.39, 0.29) is 37.4 Å². The van der Waals surface area contributed by atoms with Gasteiger partial charge in [-0.05, 0) is 69.2 Å². The fourth-order valence-electron chi connectivity index (χ4n) is 3.43. The molecule has 0 spiro atoms. The van der Waals surface area contributed by atoms with E-state index < -0.39 is 16.1 Å². The first kappa shape index (κ1) is 28.1. The summed E-state index contributed by atoms with van der Waals surface area (Å²) in [5, 5.41) is 3.36. The van der Waals surface area contributed by atoms with Crippen LogP contribution in [-0.2, 0) is 26.2 Å². The Hall–Kier alpha value is -2.10. The lowest BCUT2D eigenvalue weighted by atomic mass is 10.1. The number of halogens is 2. The number of sulfonamides is 1. The van der Waals surface area contributed by atoms with E-state index in [1.54, 1.807) is 31.2 Å². The molecule has 2 rings (SSSR count). The van der Waals surface area contributed by atoms with Gasteiger partial charge in [-0.3, -0.25) is 13.9 Å². The molecule has 0 aliphatic rings. The van der Waals surface area contributed by atoms with Gasteiger partial charge in [0.15, 0.2) is 0 Å². The van der Waals surface area contributed by atoms with Crippen LogP contribution in [0.2, 0.25) is 5.02 Å². The Kier molecular flexibility index (Phi) is 10.4. The SMILES string of the molecule is CC(C)NC(=O)C(C)N(Cc1cccc(Br)c1)C(=O)CCCN(c1ccc(Cl)cc1)S(C)(=O)=O. The minimum atomic E-state index is -3.55. The molecule has 2 aromatic carbocycles. The maximum absolute atomic E-state index is 13.2. The number of nitrogens with one attached hydrogen (secondary N) is 1. The highest BCUT2D eigenvalue weighted by Crippen LogP contribution is 2.22. The van der Waals surface area contributed by atoms with Crippen molar-refractivity contribution in [2.24, 2.45) is 0 Å². The Morgan fingerprint density at radius 3 is 2.29 bits per heavy atom. The molecule has 0 fully saturated rings. The number of benzene rings is 2. The Labute approximate surface area is 215 Å². The first-order chi connectivity index (χ1) is 15.9. The zero-order chi connectivity index (χ0) is 25.5. The fourth-order valence-corrected chi connectivity index (χ4v) is 4.97. The summed E-state index contributed by atoms with van der Waals surface area (Å²) in [7, 11) is -3.55. The van der Waals surface area contributed by atoms with Crippen molar-refractivity contribution in [3.63, 3.8) is 0 Å². The fraction of sp³-hybridized carbons (Fsp3) is 0.417. The van der Waals surface area contributed by atoms with Gasteiger partial charge in [-0.1, -0.05) is 39.7 Å². The molecule has 0 radical (unpaired) electrons. The van der Waals surface area contributed by atoms with Crippen molar-refractivity contribution in [1.29, 1.82) is 0 Å². The lowest BCUT2D eigenvalue weighted by Crippen LogP contribution is -2.49. The van der Waals surface area contributed by atoms with Crippen molar-refractivity contribution < 1.29 is 18.0 Å². The van der Waals surface area contributed by atoms with Crippen LogP contribution in [0.4, 0.5) is 5.69 Å². The van der Waals surface area contributed by atoms with Gasteiger partial charge in [0.1, 0.15) is 6.04 Å². The van der Waals surface area contributed by atoms with E-state index in [9.17, 15) is 18.0 Å². The summed E-state index contributed by atoms with van der Waals surface area (Å²) in [6, 6.07) is 13.3. The minimum absolute atomic E-state index is 0.0551. The van der Waals surface area contributed by atoms with Gasteiger partial charge in [-0.25, -0.2) is 8.42 Å². The molecule has 0 bridgehead atoms. The van der Waals surface area contributed by atoms with Gasteiger partial charge >= 0.3 is 0 Å². The number of rotatable bonds is 11. The van der Waals surface area contributed by atoms with Gasteiger partial charge in [0.25, 0.3) is 0 Å². The third kappa shape index (κ3) is 8.60. The molecular formula is C24H31BrClN3O4S. The van der Waals surface area contributed by atoms with Gasteiger partial charge in [-0.15, -0.1) is 0 Å². The lowest BCUT2D eigenvalue weighted by Gasteiger charge is -2.30. The molecule has 10 heteroatoms. The molecule has 186 valence electrons. The van der Waals surface area contributed by atoms with Crippen molar-refractivity contribution in [3.8, 4) is 0 Å². The largest absolute Gasteiger partial charge is 0.352 e. The van der Waals surface area contributed by atoms with Crippen LogP contribution in [0.5, 0.6) is 0 Å². The van der Waals surface area contributed by atoms with E-state index in [0.29, 0.717) is 17.1 Å². The highest BCUT2D eigenvalue weighted by Gasteiger charge is 2.27. The van der Waals surface area contributed by atoms with Crippen LogP contribution in [0, 0.1) is 0 Å². The molecule has 0 saturated heterocycles. The van der Waals surface area contributed by atoms with E-state index in [4.69, 9.17) is 11.6 Å². The summed E-state index contributed by atoms with van der Waals surface area (Å²) in [6.45, 7) is 5.81. The number of amides is 2. The topological polar surface area (TPSA) is 86.8 Å². The predicted octanol–water partition coefficient (Wildman–Crippen LogP) is 4.59. The van der Waals surface area contributed by atoms with E-state index in [2.05, 4.69) is 21.2 Å². The minimum Gasteiger partial charge on any atom is -0.352 e. The van der Waals surface area contributed by atoms with Crippen molar-refractivity contribution in [1.82, 2.24) is 10.2 Å². The molecule has 2 aromatic rings. The maximum atomic E-state index is 13.2. The number of hydrogen-bond donors (Lipinski definition) is 1. The summed E-state index contributed by atoms with van der Waals surface area (Å²) in [5.41, 5.74) is 1.36. The van der Waals surface area contributed by atoms with Crippen molar-refractivity contribution in [3.05, 3.63) is 63.6 Å². The highest BCUT2D eigenvalue weighted by molar-refractivity contribution is 9.10. The summed E-state index contributed by atoms with van der Waals surface area (Å²) in [5.74, 6) is -0.465. The van der Waals surface area contributed by atoms with E-state index in [1.165, 1.54) is 9.21 Å². The van der Waals surface area contributed by atoms with E-state index >= 15 is 0 Å². The molecule has 2 amide bonds. The zero-order valence-corrected chi connectivity index (χ0v) is 23.0. The summed E-state index contributed by atoms with van der Waals surface area (Å²) >= 11 is 9.36. The van der Waals surface area contributed by atoms with Crippen LogP contribution >= 0.6 is 27.5 Å². The van der Waals surface area contributed by atoms with Crippen LogP contribution in [0.3, 0.4) is 0 Å². The number of nitrogens with zero attached hydrogens (tertiary/aromatic N) is 2. The normalized spacial score (nSPS) is 12.3. The molecule has 0 heterocycles. The van der Waals surface area contributed by atoms with Crippen LogP contribution in [0.25, 0.3) is 0 Å².